The first-order valence-electron chi connectivity index (χ1n) is 10.6. The van der Waals surface area contributed by atoms with E-state index in [0.29, 0.717) is 31.4 Å². The maximum absolute atomic E-state index is 13.4. The van der Waals surface area contributed by atoms with E-state index in [0.717, 1.165) is 6.42 Å². The van der Waals surface area contributed by atoms with Gasteiger partial charge in [0.1, 0.15) is 11.5 Å². The van der Waals surface area contributed by atoms with E-state index >= 15 is 0 Å². The number of carbonyl (C=O) groups is 3. The molecule has 2 unspecified atom stereocenters. The third kappa shape index (κ3) is 1.86. The molecule has 0 radical (unpaired) electrons. The Kier molecular flexibility index (Phi) is 3.30. The number of ether oxygens (including phenoxy) is 4. The Hall–Kier alpha value is -1.73. The minimum Gasteiger partial charge on any atom is -0.465 e. The molecule has 3 saturated heterocycles. The second kappa shape index (κ2) is 5.30. The molecule has 4 bridgehead atoms. The van der Waals surface area contributed by atoms with Crippen LogP contribution in [0.4, 0.5) is 0 Å². The highest BCUT2D eigenvalue weighted by atomic mass is 16.7. The van der Waals surface area contributed by atoms with Crippen molar-refractivity contribution in [2.45, 2.75) is 58.0 Å². The maximum atomic E-state index is 13.4. The molecule has 6 rings (SSSR count). The summed E-state index contributed by atoms with van der Waals surface area (Å²) in [7, 11) is 0. The molecule has 0 aromatic carbocycles. The predicted octanol–water partition coefficient (Wildman–Crippen LogP) is 1.78. The average Bonchev–Trinajstić information content (AvgIpc) is 3.08. The van der Waals surface area contributed by atoms with Crippen LogP contribution in [0.3, 0.4) is 0 Å². The molecular weight excluding hydrogens is 376 g/mol. The van der Waals surface area contributed by atoms with Crippen molar-refractivity contribution in [3.63, 3.8) is 0 Å². The van der Waals surface area contributed by atoms with Crippen molar-refractivity contribution in [1.82, 2.24) is 0 Å². The highest BCUT2D eigenvalue weighted by Crippen LogP contribution is 2.74. The van der Waals surface area contributed by atoms with Crippen molar-refractivity contribution < 1.29 is 33.3 Å². The van der Waals surface area contributed by atoms with E-state index in [1.165, 1.54) is 6.92 Å². The van der Waals surface area contributed by atoms with E-state index in [9.17, 15) is 14.4 Å². The monoisotopic (exact) mass is 402 g/mol. The zero-order valence-electron chi connectivity index (χ0n) is 16.8. The molecule has 0 aromatic heterocycles. The lowest BCUT2D eigenvalue weighted by Gasteiger charge is -2.65. The summed E-state index contributed by atoms with van der Waals surface area (Å²) in [6, 6.07) is 0. The molecule has 0 aromatic rings. The Bertz CT molecular complexity index is 865. The van der Waals surface area contributed by atoms with Gasteiger partial charge in [0, 0.05) is 29.6 Å². The normalized spacial score (nSPS) is 54.1. The van der Waals surface area contributed by atoms with Gasteiger partial charge in [0.05, 0.1) is 19.3 Å². The van der Waals surface area contributed by atoms with Crippen LogP contribution in [-0.4, -0.2) is 49.4 Å². The molecule has 3 aliphatic carbocycles. The van der Waals surface area contributed by atoms with E-state index in [-0.39, 0.29) is 53.7 Å². The first-order chi connectivity index (χ1) is 13.7. The number of carbonyl (C=O) groups excluding carboxylic acids is 3. The largest absolute Gasteiger partial charge is 0.465 e. The molecule has 2 spiro atoms. The first-order valence-corrected chi connectivity index (χ1v) is 10.6. The molecule has 0 amide bonds. The number of rotatable bonds is 2. The molecule has 9 atom stereocenters. The van der Waals surface area contributed by atoms with Crippen molar-refractivity contribution in [2.75, 3.05) is 13.2 Å². The smallest absolute Gasteiger partial charge is 0.320 e. The van der Waals surface area contributed by atoms with Gasteiger partial charge in [-0.25, -0.2) is 0 Å². The van der Waals surface area contributed by atoms with Crippen LogP contribution in [0.15, 0.2) is 12.2 Å². The van der Waals surface area contributed by atoms with Crippen LogP contribution < -0.4 is 0 Å². The highest BCUT2D eigenvalue weighted by molar-refractivity contribution is 6.15. The Morgan fingerprint density at radius 3 is 2.86 bits per heavy atom. The molecule has 0 N–H and O–H groups in total. The Labute approximate surface area is 169 Å². The van der Waals surface area contributed by atoms with Crippen molar-refractivity contribution in [3.8, 4) is 0 Å². The first kappa shape index (κ1) is 18.1. The molecule has 3 aliphatic heterocycles. The fraction of sp³-hybridized carbons (Fsp3) is 0.773. The number of ketones is 1. The van der Waals surface area contributed by atoms with Crippen LogP contribution >= 0.6 is 0 Å². The van der Waals surface area contributed by atoms with Gasteiger partial charge in [-0.05, 0) is 37.2 Å². The number of fused-ring (bicyclic) bond motifs is 1. The van der Waals surface area contributed by atoms with E-state index in [1.807, 2.05) is 0 Å². The Morgan fingerprint density at radius 1 is 1.31 bits per heavy atom. The van der Waals surface area contributed by atoms with Gasteiger partial charge in [0.25, 0.3) is 0 Å². The van der Waals surface area contributed by atoms with Crippen LogP contribution in [0.2, 0.25) is 0 Å². The van der Waals surface area contributed by atoms with Crippen LogP contribution in [0.5, 0.6) is 0 Å². The number of hydrogen-bond donors (Lipinski definition) is 0. The van der Waals surface area contributed by atoms with E-state index in [1.54, 1.807) is 0 Å². The molecule has 29 heavy (non-hydrogen) atoms. The molecule has 6 aliphatic rings. The van der Waals surface area contributed by atoms with Gasteiger partial charge in [0.2, 0.25) is 0 Å². The van der Waals surface area contributed by atoms with Gasteiger partial charge in [-0.2, -0.15) is 0 Å². The topological polar surface area (TPSA) is 88.1 Å². The minimum atomic E-state index is -1.20. The van der Waals surface area contributed by atoms with Crippen LogP contribution in [0.25, 0.3) is 0 Å². The van der Waals surface area contributed by atoms with E-state index < -0.39 is 23.1 Å². The third-order valence-corrected chi connectivity index (χ3v) is 8.96. The maximum Gasteiger partial charge on any atom is 0.320 e. The van der Waals surface area contributed by atoms with Crippen LogP contribution in [0.1, 0.15) is 39.5 Å². The summed E-state index contributed by atoms with van der Waals surface area (Å²) in [5, 5.41) is 0. The lowest BCUT2D eigenvalue weighted by atomic mass is 9.42. The quantitative estimate of drug-likeness (QED) is 0.395. The average molecular weight is 402 g/mol. The van der Waals surface area contributed by atoms with Gasteiger partial charge in [-0.15, -0.1) is 0 Å². The van der Waals surface area contributed by atoms with E-state index in [4.69, 9.17) is 18.9 Å². The van der Waals surface area contributed by atoms with Gasteiger partial charge >= 0.3 is 11.9 Å². The number of hydrogen-bond acceptors (Lipinski definition) is 7. The second-order valence-corrected chi connectivity index (χ2v) is 10.3. The van der Waals surface area contributed by atoms with Crippen molar-refractivity contribution in [3.05, 3.63) is 12.2 Å². The SMILES string of the molecule is C=C1C(=O)[C@]23C[C@@H]1CC1O[C@@H]4OC[C@]5(C(CC[C@@](C)(COC(C)=O)[C@@H]45)OC2=O)[C@H]13. The number of esters is 2. The summed E-state index contributed by atoms with van der Waals surface area (Å²) in [6.07, 6.45) is 1.64. The highest BCUT2D eigenvalue weighted by Gasteiger charge is 2.82. The number of Topliss-reactive ketones (excluding diaryl/α,β-unsaturated/α-hetero) is 1. The molecule has 7 nitrogen and oxygen atoms in total. The molecule has 3 saturated carbocycles. The van der Waals surface area contributed by atoms with Crippen LogP contribution in [0, 0.1) is 34.0 Å². The fourth-order valence-electron chi connectivity index (χ4n) is 7.97. The lowest BCUT2D eigenvalue weighted by molar-refractivity contribution is -0.307. The zero-order valence-corrected chi connectivity index (χ0v) is 16.8. The lowest BCUT2D eigenvalue weighted by Crippen LogP contribution is -2.74. The van der Waals surface area contributed by atoms with Gasteiger partial charge < -0.3 is 18.9 Å². The van der Waals surface area contributed by atoms with Gasteiger partial charge in [-0.1, -0.05) is 13.5 Å². The molecular formula is C22H26O7. The van der Waals surface area contributed by atoms with Crippen molar-refractivity contribution in [2.24, 2.45) is 34.0 Å². The van der Waals surface area contributed by atoms with Gasteiger partial charge in [-0.3, -0.25) is 14.4 Å². The Morgan fingerprint density at radius 2 is 2.10 bits per heavy atom. The predicted molar refractivity (Wildman–Crippen MR) is 97.2 cm³/mol. The molecule has 156 valence electrons. The summed E-state index contributed by atoms with van der Waals surface area (Å²) in [4.78, 5) is 38.2. The summed E-state index contributed by atoms with van der Waals surface area (Å²) in [5.41, 5.74) is -1.51. The standard InChI is InChI=1S/C22H26O7/c1-10-12-6-13-15-21(7-12,17(10)24)19(25)29-14-4-5-20(3,8-26-11(2)23)16-18(28-13)27-9-22(14,15)16/h12-16,18H,1,4-9H2,2-3H3/t12-,13?,14?,15+,16+,18-,20-,21+,22-/m0/s1. The number of allylic oxidation sites excluding steroid dienone is 1. The minimum absolute atomic E-state index is 0.0313. The van der Waals surface area contributed by atoms with Crippen molar-refractivity contribution in [1.29, 1.82) is 0 Å². The van der Waals surface area contributed by atoms with Crippen molar-refractivity contribution >= 4 is 17.7 Å². The zero-order chi connectivity index (χ0) is 20.3. The van der Waals surface area contributed by atoms with Crippen LogP contribution in [-0.2, 0) is 33.3 Å². The van der Waals surface area contributed by atoms with Gasteiger partial charge in [0.15, 0.2) is 12.1 Å². The Balaban J connectivity index is 1.52. The summed E-state index contributed by atoms with van der Waals surface area (Å²) < 4.78 is 24.1. The summed E-state index contributed by atoms with van der Waals surface area (Å²) >= 11 is 0. The summed E-state index contributed by atoms with van der Waals surface area (Å²) in [6.45, 7) is 8.21. The fourth-order valence-corrected chi connectivity index (χ4v) is 7.97. The summed E-state index contributed by atoms with van der Waals surface area (Å²) in [5.74, 6) is -1.28. The second-order valence-electron chi connectivity index (χ2n) is 10.3. The molecule has 3 heterocycles. The molecule has 6 fully saturated rings. The third-order valence-electron chi connectivity index (χ3n) is 8.96. The van der Waals surface area contributed by atoms with E-state index in [2.05, 4.69) is 13.5 Å². The molecule has 7 heteroatoms.